The second-order valence-corrected chi connectivity index (χ2v) is 4.72. The van der Waals surface area contributed by atoms with E-state index in [1.165, 1.54) is 13.2 Å². The summed E-state index contributed by atoms with van der Waals surface area (Å²) in [5.41, 5.74) is 0.765. The summed E-state index contributed by atoms with van der Waals surface area (Å²) in [6, 6.07) is 7.23. The molecule has 0 unspecified atom stereocenters. The predicted octanol–water partition coefficient (Wildman–Crippen LogP) is 2.53. The summed E-state index contributed by atoms with van der Waals surface area (Å²) in [6.07, 6.45) is 3.49. The van der Waals surface area contributed by atoms with Gasteiger partial charge in [0.05, 0.1) is 12.1 Å². The van der Waals surface area contributed by atoms with Crippen molar-refractivity contribution in [2.75, 3.05) is 7.11 Å². The number of benzene rings is 1. The monoisotopic (exact) mass is 276 g/mol. The molecule has 0 saturated heterocycles. The van der Waals surface area contributed by atoms with Crippen molar-refractivity contribution in [1.29, 1.82) is 5.26 Å². The van der Waals surface area contributed by atoms with Crippen molar-refractivity contribution in [1.82, 2.24) is 5.32 Å². The molecule has 1 N–H and O–H groups in total. The largest absolute Gasteiger partial charge is 0.495 e. The lowest BCUT2D eigenvalue weighted by Crippen LogP contribution is -2.26. The van der Waals surface area contributed by atoms with Gasteiger partial charge in [-0.05, 0) is 36.6 Å². The zero-order valence-electron chi connectivity index (χ0n) is 10.4. The van der Waals surface area contributed by atoms with Crippen LogP contribution in [0.1, 0.15) is 18.4 Å². The molecule has 98 valence electrons. The standard InChI is InChI=1S/C14H13ClN2O2/c1-19-13-5-2-9(7-12(13)15)6-10(8-16)14(18)17-11-3-4-11/h2,5-7,11H,3-4H2,1H3,(H,17,18)/b10-6+. The van der Waals surface area contributed by atoms with Gasteiger partial charge in [0.2, 0.25) is 0 Å². The summed E-state index contributed by atoms with van der Waals surface area (Å²) in [5, 5.41) is 12.2. The topological polar surface area (TPSA) is 62.1 Å². The Morgan fingerprint density at radius 1 is 1.58 bits per heavy atom. The SMILES string of the molecule is COc1ccc(/C=C(\C#N)C(=O)NC2CC2)cc1Cl. The van der Waals surface area contributed by atoms with Gasteiger partial charge < -0.3 is 10.1 Å². The van der Waals surface area contributed by atoms with Crippen molar-refractivity contribution in [3.63, 3.8) is 0 Å². The van der Waals surface area contributed by atoms with E-state index in [1.54, 1.807) is 18.2 Å². The molecule has 2 rings (SSSR count). The van der Waals surface area contributed by atoms with Gasteiger partial charge in [-0.25, -0.2) is 0 Å². The zero-order valence-corrected chi connectivity index (χ0v) is 11.2. The third-order valence-electron chi connectivity index (χ3n) is 2.76. The highest BCUT2D eigenvalue weighted by molar-refractivity contribution is 6.32. The molecule has 5 heteroatoms. The quantitative estimate of drug-likeness (QED) is 0.679. The molecular formula is C14H13ClN2O2. The Hall–Kier alpha value is -1.99. The number of amides is 1. The minimum Gasteiger partial charge on any atom is -0.495 e. The molecule has 1 fully saturated rings. The van der Waals surface area contributed by atoms with E-state index in [0.29, 0.717) is 16.3 Å². The maximum atomic E-state index is 11.8. The molecular weight excluding hydrogens is 264 g/mol. The van der Waals surface area contributed by atoms with E-state index in [4.69, 9.17) is 21.6 Å². The van der Waals surface area contributed by atoms with Gasteiger partial charge >= 0.3 is 0 Å². The van der Waals surface area contributed by atoms with Crippen LogP contribution in [-0.2, 0) is 4.79 Å². The van der Waals surface area contributed by atoms with Gasteiger partial charge in [0, 0.05) is 6.04 Å². The normalized spacial score (nSPS) is 14.7. The van der Waals surface area contributed by atoms with Crippen LogP contribution in [0.3, 0.4) is 0 Å². The third-order valence-corrected chi connectivity index (χ3v) is 3.06. The summed E-state index contributed by atoms with van der Waals surface area (Å²) in [6.45, 7) is 0. The van der Waals surface area contributed by atoms with Crippen LogP contribution in [0.15, 0.2) is 23.8 Å². The molecule has 1 amide bonds. The molecule has 1 aromatic carbocycles. The fraction of sp³-hybridized carbons (Fsp3) is 0.286. The summed E-state index contributed by atoms with van der Waals surface area (Å²) in [4.78, 5) is 11.8. The smallest absolute Gasteiger partial charge is 0.262 e. The molecule has 0 atom stereocenters. The first-order valence-corrected chi connectivity index (χ1v) is 6.28. The Balaban J connectivity index is 2.19. The van der Waals surface area contributed by atoms with E-state index in [9.17, 15) is 4.79 Å². The highest BCUT2D eigenvalue weighted by Gasteiger charge is 2.24. The Labute approximate surface area is 116 Å². The Morgan fingerprint density at radius 3 is 2.84 bits per heavy atom. The number of nitrogens with zero attached hydrogens (tertiary/aromatic N) is 1. The molecule has 0 radical (unpaired) electrons. The summed E-state index contributed by atoms with van der Waals surface area (Å²) in [5.74, 6) is 0.219. The lowest BCUT2D eigenvalue weighted by Gasteiger charge is -2.04. The second-order valence-electron chi connectivity index (χ2n) is 4.31. The van der Waals surface area contributed by atoms with Crippen molar-refractivity contribution in [3.8, 4) is 11.8 Å². The molecule has 0 heterocycles. The average molecular weight is 277 g/mol. The zero-order chi connectivity index (χ0) is 13.8. The van der Waals surface area contributed by atoms with Gasteiger partial charge in [-0.15, -0.1) is 0 Å². The van der Waals surface area contributed by atoms with Gasteiger partial charge in [0.1, 0.15) is 17.4 Å². The summed E-state index contributed by atoms with van der Waals surface area (Å²) >= 11 is 5.99. The first-order chi connectivity index (χ1) is 9.13. The van der Waals surface area contributed by atoms with Gasteiger partial charge in [-0.1, -0.05) is 17.7 Å². The van der Waals surface area contributed by atoms with Gasteiger partial charge in [-0.3, -0.25) is 4.79 Å². The average Bonchev–Trinajstić information content (AvgIpc) is 3.20. The van der Waals surface area contributed by atoms with Crippen LogP contribution >= 0.6 is 11.6 Å². The fourth-order valence-corrected chi connectivity index (χ4v) is 1.84. The first-order valence-electron chi connectivity index (χ1n) is 5.90. The van der Waals surface area contributed by atoms with Crippen LogP contribution in [0.4, 0.5) is 0 Å². The number of ether oxygens (including phenoxy) is 1. The lowest BCUT2D eigenvalue weighted by molar-refractivity contribution is -0.117. The van der Waals surface area contributed by atoms with Crippen LogP contribution in [0.25, 0.3) is 6.08 Å². The molecule has 4 nitrogen and oxygen atoms in total. The van der Waals surface area contributed by atoms with Crippen molar-refractivity contribution < 1.29 is 9.53 Å². The minimum absolute atomic E-state index is 0.0770. The van der Waals surface area contributed by atoms with Gasteiger partial charge in [-0.2, -0.15) is 5.26 Å². The maximum Gasteiger partial charge on any atom is 0.262 e. The number of methoxy groups -OCH3 is 1. The summed E-state index contributed by atoms with van der Waals surface area (Å²) in [7, 11) is 1.53. The van der Waals surface area contributed by atoms with E-state index in [2.05, 4.69) is 5.32 Å². The minimum atomic E-state index is -0.336. The van der Waals surface area contributed by atoms with Crippen LogP contribution < -0.4 is 10.1 Å². The number of carbonyl (C=O) groups excluding carboxylic acids is 1. The fourth-order valence-electron chi connectivity index (χ4n) is 1.58. The van der Waals surface area contributed by atoms with E-state index >= 15 is 0 Å². The number of hydrogen-bond acceptors (Lipinski definition) is 3. The van der Waals surface area contributed by atoms with Crippen LogP contribution in [0, 0.1) is 11.3 Å². The first kappa shape index (κ1) is 13.4. The molecule has 1 aliphatic carbocycles. The lowest BCUT2D eigenvalue weighted by atomic mass is 10.1. The highest BCUT2D eigenvalue weighted by atomic mass is 35.5. The van der Waals surface area contributed by atoms with Gasteiger partial charge in [0.15, 0.2) is 0 Å². The number of halogens is 1. The number of nitrogens with one attached hydrogen (secondary N) is 1. The van der Waals surface area contributed by atoms with Crippen molar-refractivity contribution in [2.45, 2.75) is 18.9 Å². The Morgan fingerprint density at radius 2 is 2.32 bits per heavy atom. The predicted molar refractivity (Wildman–Crippen MR) is 72.8 cm³/mol. The number of carbonyl (C=O) groups is 1. The molecule has 1 aromatic rings. The van der Waals surface area contributed by atoms with Gasteiger partial charge in [0.25, 0.3) is 5.91 Å². The van der Waals surface area contributed by atoms with Crippen LogP contribution in [0.5, 0.6) is 5.75 Å². The molecule has 1 saturated carbocycles. The number of hydrogen-bond donors (Lipinski definition) is 1. The Kier molecular flexibility index (Phi) is 4.08. The number of rotatable bonds is 4. The van der Waals surface area contributed by atoms with E-state index in [0.717, 1.165) is 12.8 Å². The van der Waals surface area contributed by atoms with Crippen molar-refractivity contribution in [3.05, 3.63) is 34.4 Å². The van der Waals surface area contributed by atoms with E-state index < -0.39 is 0 Å². The van der Waals surface area contributed by atoms with Crippen LogP contribution in [-0.4, -0.2) is 19.1 Å². The second kappa shape index (κ2) is 5.77. The van der Waals surface area contributed by atoms with Crippen LogP contribution in [0.2, 0.25) is 5.02 Å². The molecule has 1 aliphatic rings. The Bertz CT molecular complexity index is 571. The van der Waals surface area contributed by atoms with E-state index in [-0.39, 0.29) is 17.5 Å². The van der Waals surface area contributed by atoms with Crippen molar-refractivity contribution in [2.24, 2.45) is 0 Å². The molecule has 0 aliphatic heterocycles. The number of nitriles is 1. The van der Waals surface area contributed by atoms with E-state index in [1.807, 2.05) is 6.07 Å². The molecule has 19 heavy (non-hydrogen) atoms. The summed E-state index contributed by atoms with van der Waals surface area (Å²) < 4.78 is 5.04. The van der Waals surface area contributed by atoms with Crippen molar-refractivity contribution >= 4 is 23.6 Å². The molecule has 0 spiro atoms. The molecule has 0 bridgehead atoms. The maximum absolute atomic E-state index is 11.8. The highest BCUT2D eigenvalue weighted by Crippen LogP contribution is 2.26. The third kappa shape index (κ3) is 3.49. The molecule has 0 aromatic heterocycles.